The molecule has 1 aliphatic heterocycles. The van der Waals surface area contributed by atoms with Crippen molar-refractivity contribution in [2.75, 3.05) is 25.0 Å². The maximum absolute atomic E-state index is 12.4. The average molecular weight is 426 g/mol. The van der Waals surface area contributed by atoms with E-state index in [9.17, 15) is 9.59 Å². The second-order valence-electron chi connectivity index (χ2n) is 7.71. The van der Waals surface area contributed by atoms with Crippen molar-refractivity contribution in [2.45, 2.75) is 26.7 Å². The van der Waals surface area contributed by atoms with E-state index in [1.165, 1.54) is 0 Å². The first-order chi connectivity index (χ1) is 14.4. The second kappa shape index (κ2) is 10.2. The van der Waals surface area contributed by atoms with Gasteiger partial charge in [-0.2, -0.15) is 0 Å². The van der Waals surface area contributed by atoms with Gasteiger partial charge < -0.3 is 15.0 Å². The van der Waals surface area contributed by atoms with Crippen LogP contribution in [-0.4, -0.2) is 41.5 Å². The Morgan fingerprint density at radius 1 is 1.00 bits per heavy atom. The summed E-state index contributed by atoms with van der Waals surface area (Å²) in [5.41, 5.74) is 1.84. The van der Waals surface area contributed by atoms with Gasteiger partial charge in [0.1, 0.15) is 5.75 Å². The van der Waals surface area contributed by atoms with Gasteiger partial charge in [0.2, 0.25) is 0 Å². The molecule has 2 aromatic rings. The quantitative estimate of drug-likeness (QED) is 0.683. The van der Waals surface area contributed by atoms with Crippen LogP contribution in [0.15, 0.2) is 48.5 Å². The van der Waals surface area contributed by atoms with Gasteiger partial charge in [-0.25, -0.2) is 0 Å². The van der Waals surface area contributed by atoms with Crippen molar-refractivity contribution in [1.82, 2.24) is 10.2 Å². The number of amides is 2. The lowest BCUT2D eigenvalue weighted by atomic mass is 10.2. The zero-order valence-electron chi connectivity index (χ0n) is 17.3. The normalized spacial score (nSPS) is 13.2. The molecule has 158 valence electrons. The summed E-state index contributed by atoms with van der Waals surface area (Å²) >= 11 is 5.24. The number of anilines is 1. The minimum Gasteiger partial charge on any atom is -0.493 e. The Balaban J connectivity index is 1.51. The lowest BCUT2D eigenvalue weighted by Crippen LogP contribution is -2.34. The molecule has 1 heterocycles. The van der Waals surface area contributed by atoms with Gasteiger partial charge in [0.15, 0.2) is 5.11 Å². The molecule has 1 fully saturated rings. The minimum absolute atomic E-state index is 0.0516. The molecule has 1 saturated heterocycles. The Hall–Kier alpha value is -2.93. The monoisotopic (exact) mass is 425 g/mol. The summed E-state index contributed by atoms with van der Waals surface area (Å²) < 4.78 is 5.62. The number of carbonyl (C=O) groups excluding carboxylic acids is 2. The van der Waals surface area contributed by atoms with Crippen LogP contribution in [-0.2, 0) is 0 Å². The van der Waals surface area contributed by atoms with Crippen molar-refractivity contribution >= 4 is 34.8 Å². The number of hydrogen-bond donors (Lipinski definition) is 2. The number of thiocarbonyl (C=S) groups is 1. The van der Waals surface area contributed by atoms with E-state index in [-0.39, 0.29) is 16.9 Å². The molecule has 0 aliphatic carbocycles. The summed E-state index contributed by atoms with van der Waals surface area (Å²) in [6, 6.07) is 14.0. The highest BCUT2D eigenvalue weighted by atomic mass is 32.1. The Morgan fingerprint density at radius 3 is 2.20 bits per heavy atom. The SMILES string of the molecule is CC(C)COc1ccc(C(=O)NC(=S)Nc2ccc(C(=O)N3CCCC3)cc2)cc1. The molecule has 0 spiro atoms. The first-order valence-corrected chi connectivity index (χ1v) is 10.6. The molecule has 0 unspecified atom stereocenters. The molecule has 1 aliphatic rings. The largest absolute Gasteiger partial charge is 0.493 e. The number of likely N-dealkylation sites (tertiary alicyclic amines) is 1. The lowest BCUT2D eigenvalue weighted by molar-refractivity contribution is 0.0792. The Morgan fingerprint density at radius 2 is 1.60 bits per heavy atom. The topological polar surface area (TPSA) is 70.7 Å². The van der Waals surface area contributed by atoms with E-state index < -0.39 is 0 Å². The predicted molar refractivity (Wildman–Crippen MR) is 122 cm³/mol. The van der Waals surface area contributed by atoms with E-state index in [2.05, 4.69) is 24.5 Å². The van der Waals surface area contributed by atoms with Gasteiger partial charge in [0.25, 0.3) is 11.8 Å². The highest BCUT2D eigenvalue weighted by Gasteiger charge is 2.19. The fourth-order valence-electron chi connectivity index (χ4n) is 3.10. The van der Waals surface area contributed by atoms with Crippen molar-refractivity contribution in [3.63, 3.8) is 0 Å². The van der Waals surface area contributed by atoms with Crippen LogP contribution in [0.3, 0.4) is 0 Å². The number of carbonyl (C=O) groups is 2. The maximum atomic E-state index is 12.4. The molecular formula is C23H27N3O3S. The Bertz CT molecular complexity index is 889. The smallest absolute Gasteiger partial charge is 0.257 e. The molecule has 30 heavy (non-hydrogen) atoms. The number of nitrogens with one attached hydrogen (secondary N) is 2. The van der Waals surface area contributed by atoms with Crippen molar-refractivity contribution < 1.29 is 14.3 Å². The van der Waals surface area contributed by atoms with Gasteiger partial charge >= 0.3 is 0 Å². The van der Waals surface area contributed by atoms with E-state index in [4.69, 9.17) is 17.0 Å². The van der Waals surface area contributed by atoms with Crippen molar-refractivity contribution in [2.24, 2.45) is 5.92 Å². The fraction of sp³-hybridized carbons (Fsp3) is 0.348. The van der Waals surface area contributed by atoms with Crippen LogP contribution in [0.4, 0.5) is 5.69 Å². The predicted octanol–water partition coefficient (Wildman–Crippen LogP) is 4.08. The number of rotatable bonds is 6. The number of benzene rings is 2. The lowest BCUT2D eigenvalue weighted by Gasteiger charge is -2.15. The van der Waals surface area contributed by atoms with E-state index in [0.717, 1.165) is 31.7 Å². The van der Waals surface area contributed by atoms with Crippen LogP contribution in [0.25, 0.3) is 0 Å². The van der Waals surface area contributed by atoms with Crippen LogP contribution >= 0.6 is 12.2 Å². The van der Waals surface area contributed by atoms with Crippen LogP contribution < -0.4 is 15.4 Å². The summed E-state index contributed by atoms with van der Waals surface area (Å²) in [5.74, 6) is 0.910. The summed E-state index contributed by atoms with van der Waals surface area (Å²) in [7, 11) is 0. The molecule has 2 aromatic carbocycles. The van der Waals surface area contributed by atoms with Crippen molar-refractivity contribution in [3.8, 4) is 5.75 Å². The average Bonchev–Trinajstić information content (AvgIpc) is 3.27. The van der Waals surface area contributed by atoms with Gasteiger partial charge in [0.05, 0.1) is 6.61 Å². The zero-order chi connectivity index (χ0) is 21.5. The van der Waals surface area contributed by atoms with Crippen LogP contribution in [0.1, 0.15) is 47.4 Å². The Labute approximate surface area is 182 Å². The van der Waals surface area contributed by atoms with E-state index in [1.54, 1.807) is 48.5 Å². The van der Waals surface area contributed by atoms with Gasteiger partial charge in [-0.1, -0.05) is 13.8 Å². The third-order valence-corrected chi connectivity index (χ3v) is 4.91. The van der Waals surface area contributed by atoms with E-state index in [0.29, 0.717) is 29.3 Å². The summed E-state index contributed by atoms with van der Waals surface area (Å²) in [5, 5.41) is 5.83. The summed E-state index contributed by atoms with van der Waals surface area (Å²) in [6.45, 7) is 6.42. The standard InChI is InChI=1S/C23H27N3O3S/c1-16(2)15-29-20-11-7-17(8-12-20)21(27)25-23(30)24-19-9-5-18(6-10-19)22(28)26-13-3-4-14-26/h5-12,16H,3-4,13-15H2,1-2H3,(H2,24,25,27,30). The zero-order valence-corrected chi connectivity index (χ0v) is 18.1. The van der Waals surface area contributed by atoms with Gasteiger partial charge in [-0.15, -0.1) is 0 Å². The molecule has 0 aromatic heterocycles. The van der Waals surface area contributed by atoms with Crippen molar-refractivity contribution in [3.05, 3.63) is 59.7 Å². The highest BCUT2D eigenvalue weighted by molar-refractivity contribution is 7.80. The molecule has 7 heteroatoms. The molecule has 0 bridgehead atoms. The molecule has 0 saturated carbocycles. The van der Waals surface area contributed by atoms with Crippen LogP contribution in [0.2, 0.25) is 0 Å². The van der Waals surface area contributed by atoms with Gasteiger partial charge in [-0.3, -0.25) is 14.9 Å². The number of nitrogens with zero attached hydrogens (tertiary/aromatic N) is 1. The molecule has 2 amide bonds. The molecular weight excluding hydrogens is 398 g/mol. The molecule has 2 N–H and O–H groups in total. The van der Waals surface area contributed by atoms with Crippen LogP contribution in [0, 0.1) is 5.92 Å². The third-order valence-electron chi connectivity index (χ3n) is 4.71. The van der Waals surface area contributed by atoms with Gasteiger partial charge in [0, 0.05) is 29.9 Å². The maximum Gasteiger partial charge on any atom is 0.257 e. The van der Waals surface area contributed by atoms with E-state index >= 15 is 0 Å². The van der Waals surface area contributed by atoms with Gasteiger partial charge in [-0.05, 0) is 79.5 Å². The first-order valence-electron chi connectivity index (χ1n) is 10.2. The third kappa shape index (κ3) is 6.03. The second-order valence-corrected chi connectivity index (χ2v) is 8.12. The first kappa shape index (κ1) is 21.8. The summed E-state index contributed by atoms with van der Waals surface area (Å²) in [6.07, 6.45) is 2.13. The van der Waals surface area contributed by atoms with E-state index in [1.807, 2.05) is 4.90 Å². The summed E-state index contributed by atoms with van der Waals surface area (Å²) in [4.78, 5) is 26.6. The number of hydrogen-bond acceptors (Lipinski definition) is 4. The minimum atomic E-state index is -0.302. The fourth-order valence-corrected chi connectivity index (χ4v) is 3.31. The highest BCUT2D eigenvalue weighted by Crippen LogP contribution is 2.16. The van der Waals surface area contributed by atoms with Crippen molar-refractivity contribution in [1.29, 1.82) is 0 Å². The number of ether oxygens (including phenoxy) is 1. The molecule has 0 atom stereocenters. The van der Waals surface area contributed by atoms with Crippen LogP contribution in [0.5, 0.6) is 5.75 Å². The molecule has 6 nitrogen and oxygen atoms in total. The Kier molecular flexibility index (Phi) is 7.41. The molecule has 0 radical (unpaired) electrons. The molecule has 3 rings (SSSR count).